The van der Waals surface area contributed by atoms with Gasteiger partial charge in [-0.2, -0.15) is 0 Å². The topological polar surface area (TPSA) is 75.3 Å². The summed E-state index contributed by atoms with van der Waals surface area (Å²) in [5, 5.41) is 6.86. The van der Waals surface area contributed by atoms with Gasteiger partial charge < -0.3 is 0 Å². The Morgan fingerprint density at radius 1 is 1.00 bits per heavy atom. The number of carbonyl (C=O) groups excluding carboxylic acids is 3. The highest BCUT2D eigenvalue weighted by atomic mass is 32.1. The van der Waals surface area contributed by atoms with Crippen LogP contribution in [-0.2, 0) is 9.59 Å². The standard InChI is InChI=1S/C12H8N2O3S/c15-10-9(11(16)14-12(17)13-10)7-5-18-8-4-2-1-3-6(7)8/h1-5,9H,(H2,13,14,15,16,17). The Bertz CT molecular complexity index is 657. The van der Waals surface area contributed by atoms with Crippen molar-refractivity contribution in [3.8, 4) is 0 Å². The van der Waals surface area contributed by atoms with Crippen molar-refractivity contribution < 1.29 is 14.4 Å². The predicted octanol–water partition coefficient (Wildman–Crippen LogP) is 1.35. The number of hydrogen-bond donors (Lipinski definition) is 2. The van der Waals surface area contributed by atoms with E-state index < -0.39 is 23.8 Å². The molecule has 1 aliphatic rings. The molecule has 3 rings (SSSR count). The lowest BCUT2D eigenvalue weighted by molar-refractivity contribution is -0.132. The van der Waals surface area contributed by atoms with E-state index in [1.54, 1.807) is 5.38 Å². The van der Waals surface area contributed by atoms with Crippen molar-refractivity contribution in [2.75, 3.05) is 0 Å². The van der Waals surface area contributed by atoms with E-state index in [2.05, 4.69) is 10.6 Å². The third-order valence-corrected chi connectivity index (χ3v) is 3.80. The fraction of sp³-hybridized carbons (Fsp3) is 0.0833. The third kappa shape index (κ3) is 1.58. The number of carbonyl (C=O) groups is 3. The SMILES string of the molecule is O=C1NC(=O)C(c2csc3ccccc23)C(=O)N1. The number of fused-ring (bicyclic) bond motifs is 1. The molecule has 1 fully saturated rings. The molecule has 0 aliphatic carbocycles. The Hall–Kier alpha value is -2.21. The zero-order valence-electron chi connectivity index (χ0n) is 9.10. The van der Waals surface area contributed by atoms with Crippen LogP contribution in [-0.4, -0.2) is 17.8 Å². The molecule has 1 aromatic heterocycles. The lowest BCUT2D eigenvalue weighted by Gasteiger charge is -2.20. The quantitative estimate of drug-likeness (QED) is 0.760. The Labute approximate surface area is 106 Å². The molecule has 0 atom stereocenters. The number of thiophene rings is 1. The largest absolute Gasteiger partial charge is 0.328 e. The summed E-state index contributed by atoms with van der Waals surface area (Å²) in [6.45, 7) is 0. The molecule has 0 radical (unpaired) electrons. The highest BCUT2D eigenvalue weighted by Gasteiger charge is 2.36. The molecule has 2 heterocycles. The smallest absolute Gasteiger partial charge is 0.277 e. The number of rotatable bonds is 1. The highest BCUT2D eigenvalue weighted by molar-refractivity contribution is 7.17. The van der Waals surface area contributed by atoms with Gasteiger partial charge in [-0.1, -0.05) is 18.2 Å². The lowest BCUT2D eigenvalue weighted by Crippen LogP contribution is -2.54. The molecule has 1 aliphatic heterocycles. The van der Waals surface area contributed by atoms with Gasteiger partial charge in [-0.3, -0.25) is 20.2 Å². The molecule has 90 valence electrons. The van der Waals surface area contributed by atoms with Crippen LogP contribution in [0.25, 0.3) is 10.1 Å². The molecule has 0 bridgehead atoms. The first kappa shape index (κ1) is 10.9. The van der Waals surface area contributed by atoms with Gasteiger partial charge in [-0.05, 0) is 22.4 Å². The van der Waals surface area contributed by atoms with Gasteiger partial charge in [-0.25, -0.2) is 4.79 Å². The maximum atomic E-state index is 11.8. The fourth-order valence-electron chi connectivity index (χ4n) is 2.02. The second-order valence-electron chi connectivity index (χ2n) is 3.93. The van der Waals surface area contributed by atoms with Crippen LogP contribution in [0.2, 0.25) is 0 Å². The first-order valence-electron chi connectivity index (χ1n) is 5.28. The van der Waals surface area contributed by atoms with Gasteiger partial charge in [0.1, 0.15) is 5.92 Å². The first-order chi connectivity index (χ1) is 8.66. The van der Waals surface area contributed by atoms with Gasteiger partial charge in [0.05, 0.1) is 0 Å². The van der Waals surface area contributed by atoms with E-state index in [4.69, 9.17) is 0 Å². The molecular weight excluding hydrogens is 252 g/mol. The van der Waals surface area contributed by atoms with E-state index in [0.29, 0.717) is 5.56 Å². The van der Waals surface area contributed by atoms with E-state index in [-0.39, 0.29) is 0 Å². The van der Waals surface area contributed by atoms with Crippen molar-refractivity contribution in [3.05, 3.63) is 35.2 Å². The van der Waals surface area contributed by atoms with Crippen LogP contribution in [0.15, 0.2) is 29.6 Å². The second-order valence-corrected chi connectivity index (χ2v) is 4.84. The Kier molecular flexibility index (Phi) is 2.38. The van der Waals surface area contributed by atoms with Crippen molar-refractivity contribution in [1.29, 1.82) is 0 Å². The Morgan fingerprint density at radius 2 is 1.67 bits per heavy atom. The Morgan fingerprint density at radius 3 is 2.39 bits per heavy atom. The molecule has 1 saturated heterocycles. The van der Waals surface area contributed by atoms with Crippen LogP contribution in [0, 0.1) is 0 Å². The number of nitrogens with one attached hydrogen (secondary N) is 2. The molecule has 2 N–H and O–H groups in total. The average molecular weight is 260 g/mol. The van der Waals surface area contributed by atoms with Gasteiger partial charge in [0.15, 0.2) is 0 Å². The zero-order valence-corrected chi connectivity index (χ0v) is 9.91. The summed E-state index contributed by atoms with van der Waals surface area (Å²) in [5.74, 6) is -2.11. The van der Waals surface area contributed by atoms with Crippen LogP contribution in [0.3, 0.4) is 0 Å². The maximum absolute atomic E-state index is 11.8. The van der Waals surface area contributed by atoms with E-state index >= 15 is 0 Å². The molecule has 6 heteroatoms. The van der Waals surface area contributed by atoms with Crippen LogP contribution < -0.4 is 10.6 Å². The number of barbiturate groups is 1. The van der Waals surface area contributed by atoms with Gasteiger partial charge in [0, 0.05) is 4.70 Å². The number of urea groups is 1. The van der Waals surface area contributed by atoms with Crippen molar-refractivity contribution in [2.45, 2.75) is 5.92 Å². The van der Waals surface area contributed by atoms with Crippen LogP contribution in [0.5, 0.6) is 0 Å². The summed E-state index contributed by atoms with van der Waals surface area (Å²) in [6, 6.07) is 6.77. The van der Waals surface area contributed by atoms with E-state index in [9.17, 15) is 14.4 Å². The normalized spacial score (nSPS) is 16.8. The van der Waals surface area contributed by atoms with E-state index in [1.807, 2.05) is 24.3 Å². The predicted molar refractivity (Wildman–Crippen MR) is 66.2 cm³/mol. The van der Waals surface area contributed by atoms with E-state index in [1.165, 1.54) is 11.3 Å². The number of imide groups is 2. The van der Waals surface area contributed by atoms with Crippen LogP contribution in [0.1, 0.15) is 11.5 Å². The summed E-state index contributed by atoms with van der Waals surface area (Å²) in [4.78, 5) is 34.5. The molecule has 4 amide bonds. The van der Waals surface area contributed by atoms with Gasteiger partial charge in [0.25, 0.3) is 0 Å². The number of hydrogen-bond acceptors (Lipinski definition) is 4. The summed E-state index contributed by atoms with van der Waals surface area (Å²) in [6.07, 6.45) is 0. The minimum atomic E-state index is -0.959. The molecule has 0 spiro atoms. The van der Waals surface area contributed by atoms with Crippen molar-refractivity contribution in [1.82, 2.24) is 10.6 Å². The van der Waals surface area contributed by atoms with Gasteiger partial charge in [-0.15, -0.1) is 11.3 Å². The monoisotopic (exact) mass is 260 g/mol. The maximum Gasteiger partial charge on any atom is 0.328 e. The van der Waals surface area contributed by atoms with Crippen molar-refractivity contribution in [2.24, 2.45) is 0 Å². The van der Waals surface area contributed by atoms with Gasteiger partial charge in [0.2, 0.25) is 11.8 Å². The lowest BCUT2D eigenvalue weighted by atomic mass is 9.95. The third-order valence-electron chi connectivity index (χ3n) is 2.82. The highest BCUT2D eigenvalue weighted by Crippen LogP contribution is 2.32. The molecule has 18 heavy (non-hydrogen) atoms. The van der Waals surface area contributed by atoms with Gasteiger partial charge >= 0.3 is 6.03 Å². The van der Waals surface area contributed by atoms with Crippen LogP contribution in [0.4, 0.5) is 4.79 Å². The number of amides is 4. The minimum absolute atomic E-state index is 0.577. The summed E-state index contributed by atoms with van der Waals surface area (Å²) >= 11 is 1.47. The Balaban J connectivity index is 2.11. The molecule has 1 aromatic carbocycles. The van der Waals surface area contributed by atoms with Crippen LogP contribution >= 0.6 is 11.3 Å². The molecule has 5 nitrogen and oxygen atoms in total. The molecular formula is C12H8N2O3S. The summed E-state index contributed by atoms with van der Waals surface area (Å²) in [5.41, 5.74) is 0.637. The average Bonchev–Trinajstić information content (AvgIpc) is 2.72. The molecule has 0 saturated carbocycles. The summed E-state index contributed by atoms with van der Waals surface area (Å²) in [7, 11) is 0. The first-order valence-corrected chi connectivity index (χ1v) is 6.16. The minimum Gasteiger partial charge on any atom is -0.277 e. The molecule has 0 unspecified atom stereocenters. The summed E-state index contributed by atoms with van der Waals surface area (Å²) < 4.78 is 1.00. The zero-order chi connectivity index (χ0) is 12.7. The second kappa shape index (κ2) is 3.92. The number of benzene rings is 1. The van der Waals surface area contributed by atoms with Crippen molar-refractivity contribution in [3.63, 3.8) is 0 Å². The van der Waals surface area contributed by atoms with Crippen molar-refractivity contribution >= 4 is 39.3 Å². The molecule has 2 aromatic rings. The van der Waals surface area contributed by atoms with E-state index in [0.717, 1.165) is 10.1 Å². The fourth-order valence-corrected chi connectivity index (χ4v) is 3.01.